The van der Waals surface area contributed by atoms with E-state index in [1.807, 2.05) is 32.9 Å². The average molecular weight is 305 g/mol. The number of nitrogens with zero attached hydrogens (tertiary/aromatic N) is 1. The number of amides is 1. The Labute approximate surface area is 130 Å². The van der Waals surface area contributed by atoms with Crippen molar-refractivity contribution in [3.8, 4) is 0 Å². The van der Waals surface area contributed by atoms with Crippen molar-refractivity contribution in [2.24, 2.45) is 5.41 Å². The zero-order valence-corrected chi connectivity index (χ0v) is 13.6. The van der Waals surface area contributed by atoms with E-state index in [2.05, 4.69) is 0 Å². The second-order valence-electron chi connectivity index (χ2n) is 6.27. The van der Waals surface area contributed by atoms with Gasteiger partial charge in [0.2, 0.25) is 0 Å². The summed E-state index contributed by atoms with van der Waals surface area (Å²) in [5, 5.41) is 9.49. The van der Waals surface area contributed by atoms with Crippen LogP contribution in [0.2, 0.25) is 0 Å². The number of carboxylic acid groups (broad SMARTS) is 1. The summed E-state index contributed by atoms with van der Waals surface area (Å²) in [5.74, 6) is -0.990. The van der Waals surface area contributed by atoms with Gasteiger partial charge in [-0.05, 0) is 38.3 Å². The van der Waals surface area contributed by atoms with Crippen LogP contribution in [0, 0.1) is 26.2 Å². The van der Waals surface area contributed by atoms with Gasteiger partial charge in [-0.2, -0.15) is 0 Å². The highest BCUT2D eigenvalue weighted by molar-refractivity contribution is 5.98. The molecule has 22 heavy (non-hydrogen) atoms. The molecule has 0 saturated carbocycles. The normalized spacial score (nSPS) is 21.2. The molecule has 1 aromatic carbocycles. The number of ether oxygens (including phenoxy) is 1. The van der Waals surface area contributed by atoms with Crippen LogP contribution in [-0.4, -0.2) is 48.7 Å². The van der Waals surface area contributed by atoms with Crippen LogP contribution in [0.1, 0.15) is 33.5 Å². The molecular weight excluding hydrogens is 282 g/mol. The molecule has 1 aliphatic rings. The van der Waals surface area contributed by atoms with E-state index in [4.69, 9.17) is 4.74 Å². The number of carbonyl (C=O) groups is 2. The van der Waals surface area contributed by atoms with Crippen LogP contribution >= 0.6 is 0 Å². The number of carbonyl (C=O) groups excluding carboxylic acids is 1. The van der Waals surface area contributed by atoms with Crippen molar-refractivity contribution in [2.75, 3.05) is 26.8 Å². The standard InChI is InChI=1S/C17H23NO4/c1-11-7-12(2)14(13(3)8-11)15(19)18-6-5-17(9-18,10-22-4)16(20)21/h7-8H,5-6,9-10H2,1-4H3,(H,20,21). The van der Waals surface area contributed by atoms with Crippen LogP contribution in [0.25, 0.3) is 0 Å². The van der Waals surface area contributed by atoms with Gasteiger partial charge in [-0.3, -0.25) is 9.59 Å². The summed E-state index contributed by atoms with van der Waals surface area (Å²) in [7, 11) is 1.49. The quantitative estimate of drug-likeness (QED) is 0.926. The monoisotopic (exact) mass is 305 g/mol. The molecule has 1 unspecified atom stereocenters. The van der Waals surface area contributed by atoms with Gasteiger partial charge in [0.05, 0.1) is 6.61 Å². The molecule has 2 rings (SSSR count). The Kier molecular flexibility index (Phi) is 4.56. The van der Waals surface area contributed by atoms with Crippen molar-refractivity contribution in [3.05, 3.63) is 34.4 Å². The van der Waals surface area contributed by atoms with E-state index >= 15 is 0 Å². The molecule has 1 fully saturated rings. The predicted octanol–water partition coefficient (Wildman–Crippen LogP) is 2.18. The molecule has 0 spiro atoms. The Hall–Kier alpha value is -1.88. The first-order chi connectivity index (χ1) is 10.3. The van der Waals surface area contributed by atoms with Crippen molar-refractivity contribution in [2.45, 2.75) is 27.2 Å². The molecule has 120 valence electrons. The zero-order chi connectivity index (χ0) is 16.5. The maximum Gasteiger partial charge on any atom is 0.313 e. The highest BCUT2D eigenvalue weighted by Gasteiger charge is 2.46. The molecule has 0 aliphatic carbocycles. The van der Waals surface area contributed by atoms with Crippen molar-refractivity contribution < 1.29 is 19.4 Å². The number of hydrogen-bond donors (Lipinski definition) is 1. The summed E-state index contributed by atoms with van der Waals surface area (Å²) in [5.41, 5.74) is 2.68. The first kappa shape index (κ1) is 16.5. The second kappa shape index (κ2) is 6.08. The Balaban J connectivity index is 2.28. The summed E-state index contributed by atoms with van der Waals surface area (Å²) in [4.78, 5) is 26.0. The summed E-state index contributed by atoms with van der Waals surface area (Å²) >= 11 is 0. The fraction of sp³-hybridized carbons (Fsp3) is 0.529. The van der Waals surface area contributed by atoms with E-state index in [1.54, 1.807) is 4.90 Å². The molecule has 1 N–H and O–H groups in total. The fourth-order valence-corrected chi connectivity index (χ4v) is 3.35. The Morgan fingerprint density at radius 2 is 1.86 bits per heavy atom. The Morgan fingerprint density at radius 1 is 1.27 bits per heavy atom. The molecule has 0 radical (unpaired) electrons. The van der Waals surface area contributed by atoms with Gasteiger partial charge in [0.15, 0.2) is 0 Å². The fourth-order valence-electron chi connectivity index (χ4n) is 3.35. The highest BCUT2D eigenvalue weighted by Crippen LogP contribution is 2.33. The van der Waals surface area contributed by atoms with Crippen LogP contribution in [0.15, 0.2) is 12.1 Å². The van der Waals surface area contributed by atoms with E-state index in [9.17, 15) is 14.7 Å². The summed E-state index contributed by atoms with van der Waals surface area (Å²) in [6, 6.07) is 3.96. The van der Waals surface area contributed by atoms with Crippen LogP contribution < -0.4 is 0 Å². The van der Waals surface area contributed by atoms with Crippen molar-refractivity contribution >= 4 is 11.9 Å². The number of rotatable bonds is 4. The highest BCUT2D eigenvalue weighted by atomic mass is 16.5. The van der Waals surface area contributed by atoms with Crippen molar-refractivity contribution in [3.63, 3.8) is 0 Å². The Morgan fingerprint density at radius 3 is 2.36 bits per heavy atom. The molecule has 1 amide bonds. The molecule has 1 aliphatic heterocycles. The van der Waals surface area contributed by atoms with Gasteiger partial charge in [-0.15, -0.1) is 0 Å². The van der Waals surface area contributed by atoms with Gasteiger partial charge in [0.1, 0.15) is 5.41 Å². The molecule has 1 aromatic rings. The van der Waals surface area contributed by atoms with Crippen molar-refractivity contribution in [1.82, 2.24) is 4.90 Å². The number of aliphatic carboxylic acids is 1. The van der Waals surface area contributed by atoms with Crippen LogP contribution in [0.5, 0.6) is 0 Å². The SMILES string of the molecule is COCC1(C(=O)O)CCN(C(=O)c2c(C)cc(C)cc2C)C1. The minimum atomic E-state index is -0.989. The second-order valence-corrected chi connectivity index (χ2v) is 6.27. The van der Waals surface area contributed by atoms with E-state index in [1.165, 1.54) is 7.11 Å². The van der Waals surface area contributed by atoms with E-state index < -0.39 is 11.4 Å². The molecule has 0 bridgehead atoms. The van der Waals surface area contributed by atoms with Crippen LogP contribution in [0.3, 0.4) is 0 Å². The third-order valence-corrected chi connectivity index (χ3v) is 4.41. The van der Waals surface area contributed by atoms with Gasteiger partial charge in [0, 0.05) is 25.8 Å². The molecule has 5 heteroatoms. The third kappa shape index (κ3) is 2.86. The van der Waals surface area contributed by atoms with Crippen LogP contribution in [0.4, 0.5) is 0 Å². The zero-order valence-electron chi connectivity index (χ0n) is 13.6. The van der Waals surface area contributed by atoms with Gasteiger partial charge < -0.3 is 14.7 Å². The van der Waals surface area contributed by atoms with Gasteiger partial charge in [-0.1, -0.05) is 17.7 Å². The maximum atomic E-state index is 12.8. The molecule has 1 saturated heterocycles. The molecular formula is C17H23NO4. The lowest BCUT2D eigenvalue weighted by atomic mass is 9.88. The number of likely N-dealkylation sites (tertiary alicyclic amines) is 1. The van der Waals surface area contributed by atoms with Gasteiger partial charge in [0.25, 0.3) is 5.91 Å². The summed E-state index contributed by atoms with van der Waals surface area (Å²) < 4.78 is 5.07. The number of methoxy groups -OCH3 is 1. The van der Waals surface area contributed by atoms with E-state index in [-0.39, 0.29) is 19.1 Å². The summed E-state index contributed by atoms with van der Waals surface area (Å²) in [6.45, 7) is 6.60. The first-order valence-corrected chi connectivity index (χ1v) is 7.40. The lowest BCUT2D eigenvalue weighted by Gasteiger charge is -2.24. The molecule has 0 aromatic heterocycles. The number of carboxylic acids is 1. The number of benzene rings is 1. The Bertz CT molecular complexity index is 588. The first-order valence-electron chi connectivity index (χ1n) is 7.40. The minimum absolute atomic E-state index is 0.0887. The topological polar surface area (TPSA) is 66.8 Å². The van der Waals surface area contributed by atoms with Crippen LogP contribution in [-0.2, 0) is 9.53 Å². The lowest BCUT2D eigenvalue weighted by Crippen LogP contribution is -2.40. The largest absolute Gasteiger partial charge is 0.481 e. The molecule has 1 heterocycles. The summed E-state index contributed by atoms with van der Waals surface area (Å²) in [6.07, 6.45) is 0.422. The van der Waals surface area contributed by atoms with Crippen molar-refractivity contribution in [1.29, 1.82) is 0 Å². The molecule has 5 nitrogen and oxygen atoms in total. The molecule has 1 atom stereocenters. The third-order valence-electron chi connectivity index (χ3n) is 4.41. The lowest BCUT2D eigenvalue weighted by molar-refractivity contribution is -0.151. The van der Waals surface area contributed by atoms with Gasteiger partial charge >= 0.3 is 5.97 Å². The van der Waals surface area contributed by atoms with E-state index in [0.29, 0.717) is 18.5 Å². The van der Waals surface area contributed by atoms with Gasteiger partial charge in [-0.25, -0.2) is 0 Å². The minimum Gasteiger partial charge on any atom is -0.481 e. The number of hydrogen-bond acceptors (Lipinski definition) is 3. The maximum absolute atomic E-state index is 12.8. The van der Waals surface area contributed by atoms with E-state index in [0.717, 1.165) is 16.7 Å². The average Bonchev–Trinajstić information content (AvgIpc) is 2.83. The predicted molar refractivity (Wildman–Crippen MR) is 83.1 cm³/mol. The number of aryl methyl sites for hydroxylation is 3. The smallest absolute Gasteiger partial charge is 0.313 e.